The van der Waals surface area contributed by atoms with Gasteiger partial charge in [0, 0.05) is 10.0 Å². The molecule has 0 atom stereocenters. The molecule has 0 saturated heterocycles. The van der Waals surface area contributed by atoms with Gasteiger partial charge in [0.1, 0.15) is 0 Å². The third-order valence-electron chi connectivity index (χ3n) is 1.27. The minimum Gasteiger partial charge on any atom is -0.205 e. The Morgan fingerprint density at radius 1 is 1.08 bits per heavy atom. The molecule has 0 heterocycles. The van der Waals surface area contributed by atoms with Crippen molar-refractivity contribution in [3.05, 3.63) is 33.8 Å². The molecule has 0 nitrogen and oxygen atoms in total. The molecule has 12 heavy (non-hydrogen) atoms. The molecule has 0 saturated carbocycles. The van der Waals surface area contributed by atoms with Gasteiger partial charge in [0.15, 0.2) is 11.6 Å². The first kappa shape index (κ1) is 9.51. The van der Waals surface area contributed by atoms with Gasteiger partial charge in [0.2, 0.25) is 0 Å². The van der Waals surface area contributed by atoms with E-state index in [1.807, 2.05) is 0 Å². The predicted octanol–water partition coefficient (Wildman–Crippen LogP) is 3.66. The Morgan fingerprint density at radius 2 is 1.58 bits per heavy atom. The Balaban J connectivity index is 3.23. The van der Waals surface area contributed by atoms with Crippen LogP contribution in [-0.4, -0.2) is 0 Å². The summed E-state index contributed by atoms with van der Waals surface area (Å²) in [7, 11) is 0. The van der Waals surface area contributed by atoms with Gasteiger partial charge in [-0.15, -0.1) is 0 Å². The largest absolute Gasteiger partial charge is 0.265 e. The van der Waals surface area contributed by atoms with E-state index in [2.05, 4.69) is 15.9 Å². The number of rotatable bonds is 1. The summed E-state index contributed by atoms with van der Waals surface area (Å²) in [6, 6.07) is 1.15. The molecule has 66 valence electrons. The third kappa shape index (κ3) is 1.77. The summed E-state index contributed by atoms with van der Waals surface area (Å²) in [5.74, 6) is -2.42. The van der Waals surface area contributed by atoms with Crippen LogP contribution in [0.15, 0.2) is 16.6 Å². The van der Waals surface area contributed by atoms with Crippen molar-refractivity contribution in [3.8, 4) is 0 Å². The lowest BCUT2D eigenvalue weighted by Crippen LogP contribution is -1.91. The average molecular weight is 243 g/mol. The van der Waals surface area contributed by atoms with Crippen LogP contribution in [0.5, 0.6) is 0 Å². The van der Waals surface area contributed by atoms with Crippen LogP contribution >= 0.6 is 15.9 Å². The zero-order valence-electron chi connectivity index (χ0n) is 5.62. The van der Waals surface area contributed by atoms with Gasteiger partial charge < -0.3 is 0 Å². The molecule has 0 amide bonds. The monoisotopic (exact) mass is 242 g/mol. The fourth-order valence-corrected chi connectivity index (χ4v) is 1.19. The molecule has 5 heteroatoms. The summed E-state index contributed by atoms with van der Waals surface area (Å²) in [4.78, 5) is 0. The van der Waals surface area contributed by atoms with Crippen LogP contribution in [-0.2, 0) is 0 Å². The third-order valence-corrected chi connectivity index (χ3v) is 1.96. The standard InChI is InChI=1S/C7H3BrF4/c8-4-2-6(10)5(9)1-3(4)7(11)12/h1-2,7H. The molecule has 1 rings (SSSR count). The van der Waals surface area contributed by atoms with Crippen LogP contribution in [0.3, 0.4) is 0 Å². The van der Waals surface area contributed by atoms with Crippen molar-refractivity contribution < 1.29 is 17.6 Å². The summed E-state index contributed by atoms with van der Waals surface area (Å²) >= 11 is 2.70. The number of alkyl halides is 2. The highest BCUT2D eigenvalue weighted by atomic mass is 79.9. The maximum Gasteiger partial charge on any atom is 0.265 e. The lowest BCUT2D eigenvalue weighted by Gasteiger charge is -2.02. The smallest absolute Gasteiger partial charge is 0.205 e. The second-order valence-corrected chi connectivity index (χ2v) is 2.94. The van der Waals surface area contributed by atoms with E-state index in [9.17, 15) is 17.6 Å². The molecule has 0 radical (unpaired) electrons. The van der Waals surface area contributed by atoms with Crippen LogP contribution < -0.4 is 0 Å². The van der Waals surface area contributed by atoms with Gasteiger partial charge in [0.25, 0.3) is 6.43 Å². The van der Waals surface area contributed by atoms with Crippen LogP contribution in [0.25, 0.3) is 0 Å². The molecule has 0 aliphatic carbocycles. The van der Waals surface area contributed by atoms with E-state index < -0.39 is 23.6 Å². The average Bonchev–Trinajstić information content (AvgIpc) is 1.96. The fourth-order valence-electron chi connectivity index (χ4n) is 0.705. The maximum atomic E-state index is 12.4. The Morgan fingerprint density at radius 3 is 2.08 bits per heavy atom. The normalized spacial score (nSPS) is 10.8. The SMILES string of the molecule is Fc1cc(Br)c(C(F)F)cc1F. The first-order valence-electron chi connectivity index (χ1n) is 2.95. The second-order valence-electron chi connectivity index (χ2n) is 2.09. The Kier molecular flexibility index (Phi) is 2.72. The Bertz CT molecular complexity index is 298. The summed E-state index contributed by atoms with van der Waals surface area (Å²) in [6.45, 7) is 0. The van der Waals surface area contributed by atoms with Crippen molar-refractivity contribution in [2.45, 2.75) is 6.43 Å². The molecule has 0 aromatic heterocycles. The molecule has 1 aromatic carbocycles. The highest BCUT2D eigenvalue weighted by Gasteiger charge is 2.15. The van der Waals surface area contributed by atoms with Gasteiger partial charge in [0.05, 0.1) is 0 Å². The van der Waals surface area contributed by atoms with E-state index in [0.29, 0.717) is 12.1 Å². The van der Waals surface area contributed by atoms with E-state index in [1.165, 1.54) is 0 Å². The first-order valence-corrected chi connectivity index (χ1v) is 3.74. The molecule has 1 aromatic rings. The molecule has 0 bridgehead atoms. The second kappa shape index (κ2) is 3.43. The lowest BCUT2D eigenvalue weighted by molar-refractivity contribution is 0.150. The maximum absolute atomic E-state index is 12.4. The van der Waals surface area contributed by atoms with Crippen molar-refractivity contribution in [1.29, 1.82) is 0 Å². The minimum atomic E-state index is -2.81. The van der Waals surface area contributed by atoms with Crippen molar-refractivity contribution in [2.75, 3.05) is 0 Å². The van der Waals surface area contributed by atoms with Crippen molar-refractivity contribution >= 4 is 15.9 Å². The van der Waals surface area contributed by atoms with Crippen molar-refractivity contribution in [2.24, 2.45) is 0 Å². The number of benzene rings is 1. The van der Waals surface area contributed by atoms with E-state index in [0.717, 1.165) is 0 Å². The quantitative estimate of drug-likeness (QED) is 0.521. The van der Waals surface area contributed by atoms with Gasteiger partial charge >= 0.3 is 0 Å². The van der Waals surface area contributed by atoms with E-state index in [-0.39, 0.29) is 4.47 Å². The number of hydrogen-bond donors (Lipinski definition) is 0. The van der Waals surface area contributed by atoms with Crippen LogP contribution in [0.1, 0.15) is 12.0 Å². The van der Waals surface area contributed by atoms with E-state index in [4.69, 9.17) is 0 Å². The summed E-state index contributed by atoms with van der Waals surface area (Å²) in [5, 5.41) is 0. The zero-order valence-corrected chi connectivity index (χ0v) is 7.21. The number of halogens is 5. The van der Waals surface area contributed by atoms with Gasteiger partial charge in [-0.25, -0.2) is 17.6 Å². The van der Waals surface area contributed by atoms with Crippen molar-refractivity contribution in [3.63, 3.8) is 0 Å². The summed E-state index contributed by atoms with van der Waals surface area (Å²) < 4.78 is 48.7. The minimum absolute atomic E-state index is 0.128. The van der Waals surface area contributed by atoms with Gasteiger partial charge in [-0.2, -0.15) is 0 Å². The Hall–Kier alpha value is -0.580. The van der Waals surface area contributed by atoms with Crippen LogP contribution in [0, 0.1) is 11.6 Å². The van der Waals surface area contributed by atoms with Crippen molar-refractivity contribution in [1.82, 2.24) is 0 Å². The molecule has 0 spiro atoms. The van der Waals surface area contributed by atoms with Crippen LogP contribution in [0.4, 0.5) is 17.6 Å². The van der Waals surface area contributed by atoms with Gasteiger partial charge in [-0.05, 0) is 12.1 Å². The van der Waals surface area contributed by atoms with E-state index in [1.54, 1.807) is 0 Å². The zero-order chi connectivity index (χ0) is 9.30. The first-order chi connectivity index (χ1) is 5.52. The molecule has 0 aliphatic heterocycles. The van der Waals surface area contributed by atoms with E-state index >= 15 is 0 Å². The van der Waals surface area contributed by atoms with Crippen LogP contribution in [0.2, 0.25) is 0 Å². The van der Waals surface area contributed by atoms with Gasteiger partial charge in [-0.1, -0.05) is 15.9 Å². The fraction of sp³-hybridized carbons (Fsp3) is 0.143. The summed E-state index contributed by atoms with van der Waals surface area (Å²) in [5.41, 5.74) is -0.547. The molecular formula is C7H3BrF4. The summed E-state index contributed by atoms with van der Waals surface area (Å²) in [6.07, 6.45) is -2.81. The molecular weight excluding hydrogens is 240 g/mol. The Labute approximate surface area is 74.3 Å². The highest BCUT2D eigenvalue weighted by molar-refractivity contribution is 9.10. The molecule has 0 unspecified atom stereocenters. The van der Waals surface area contributed by atoms with Gasteiger partial charge in [-0.3, -0.25) is 0 Å². The molecule has 0 aliphatic rings. The lowest BCUT2D eigenvalue weighted by atomic mass is 10.2. The molecule has 0 fully saturated rings. The number of hydrogen-bond acceptors (Lipinski definition) is 0. The topological polar surface area (TPSA) is 0 Å². The molecule has 0 N–H and O–H groups in total. The predicted molar refractivity (Wildman–Crippen MR) is 39.0 cm³/mol. The highest BCUT2D eigenvalue weighted by Crippen LogP contribution is 2.28.